The molecule has 1 heterocycles. The zero-order valence-electron chi connectivity index (χ0n) is 13.1. The van der Waals surface area contributed by atoms with Gasteiger partial charge in [0.05, 0.1) is 34.8 Å². The van der Waals surface area contributed by atoms with Gasteiger partial charge >= 0.3 is 0 Å². The summed E-state index contributed by atoms with van der Waals surface area (Å²) in [7, 11) is -3.41. The summed E-state index contributed by atoms with van der Waals surface area (Å²) in [6, 6.07) is 5.16. The molecular formula is C14H15Cl4N3O4S. The smallest absolute Gasteiger partial charge is 0.272 e. The summed E-state index contributed by atoms with van der Waals surface area (Å²) >= 11 is 22.4. The van der Waals surface area contributed by atoms with Gasteiger partial charge in [-0.1, -0.05) is 58.5 Å². The average Bonchev–Trinajstić information content (AvgIpc) is 2.80. The molecule has 2 rings (SSSR count). The first kappa shape index (κ1) is 21.5. The van der Waals surface area contributed by atoms with Gasteiger partial charge in [0, 0.05) is 6.04 Å². The van der Waals surface area contributed by atoms with Crippen molar-refractivity contribution < 1.29 is 18.0 Å². The normalized spacial score (nSPS) is 22.0. The maximum atomic E-state index is 12.0. The van der Waals surface area contributed by atoms with Gasteiger partial charge in [0.1, 0.15) is 0 Å². The number of para-hydroxylation sites is 1. The number of carbonyl (C=O) groups is 2. The second kappa shape index (κ2) is 8.50. The number of alkyl halides is 3. The Bertz CT molecular complexity index is 798. The van der Waals surface area contributed by atoms with Crippen molar-refractivity contribution in [3.05, 3.63) is 29.3 Å². The summed E-state index contributed by atoms with van der Waals surface area (Å²) in [5.74, 6) is -1.92. The van der Waals surface area contributed by atoms with Gasteiger partial charge in [0.15, 0.2) is 9.84 Å². The molecule has 0 bridgehead atoms. The summed E-state index contributed by atoms with van der Waals surface area (Å²) in [6.07, 6.45) is 0. The Hall–Kier alpha value is -0.770. The van der Waals surface area contributed by atoms with Crippen LogP contribution in [0.3, 0.4) is 0 Å². The minimum absolute atomic E-state index is 0.189. The van der Waals surface area contributed by atoms with Crippen molar-refractivity contribution in [2.45, 2.75) is 15.9 Å². The fourth-order valence-electron chi connectivity index (χ4n) is 2.42. The highest BCUT2D eigenvalue weighted by molar-refractivity contribution is 7.91. The largest absolute Gasteiger partial charge is 0.347 e. The minimum atomic E-state index is -3.41. The summed E-state index contributed by atoms with van der Waals surface area (Å²) < 4.78 is 21.5. The van der Waals surface area contributed by atoms with Crippen LogP contribution in [0, 0.1) is 0 Å². The Morgan fingerprint density at radius 1 is 1.12 bits per heavy atom. The minimum Gasteiger partial charge on any atom is -0.347 e. The standard InChI is InChI=1S/C14H15Cl4N3O4S/c15-8-3-1-2-4-9(8)20-12(22)5-19-10-6-26(24,25)7-11(10)21-13(23)14(16,17)18/h1-4,10-11,19H,5-7H2,(H,20,22)(H,21,23). The fourth-order valence-corrected chi connectivity index (χ4v) is 4.66. The van der Waals surface area contributed by atoms with Gasteiger partial charge in [0.25, 0.3) is 9.70 Å². The second-order valence-electron chi connectivity index (χ2n) is 5.67. The molecule has 2 amide bonds. The summed E-state index contributed by atoms with van der Waals surface area (Å²) in [5.41, 5.74) is 0.432. The van der Waals surface area contributed by atoms with Crippen LogP contribution in [-0.4, -0.2) is 54.2 Å². The van der Waals surface area contributed by atoms with Crippen LogP contribution in [0.2, 0.25) is 5.02 Å². The van der Waals surface area contributed by atoms with Gasteiger partial charge < -0.3 is 16.0 Å². The summed E-state index contributed by atoms with van der Waals surface area (Å²) in [6.45, 7) is -0.189. The number of amides is 2. The van der Waals surface area contributed by atoms with E-state index in [2.05, 4.69) is 16.0 Å². The van der Waals surface area contributed by atoms with Crippen LogP contribution in [-0.2, 0) is 19.4 Å². The van der Waals surface area contributed by atoms with Crippen molar-refractivity contribution in [1.29, 1.82) is 0 Å². The van der Waals surface area contributed by atoms with Crippen molar-refractivity contribution in [2.24, 2.45) is 0 Å². The maximum absolute atomic E-state index is 12.0. The van der Waals surface area contributed by atoms with Crippen LogP contribution in [0.5, 0.6) is 0 Å². The lowest BCUT2D eigenvalue weighted by molar-refractivity contribution is -0.120. The van der Waals surface area contributed by atoms with Crippen LogP contribution in [0.1, 0.15) is 0 Å². The fraction of sp³-hybridized carbons (Fsp3) is 0.429. The van der Waals surface area contributed by atoms with Crippen molar-refractivity contribution in [3.63, 3.8) is 0 Å². The Balaban J connectivity index is 1.96. The Labute approximate surface area is 170 Å². The Morgan fingerprint density at radius 3 is 2.35 bits per heavy atom. The Morgan fingerprint density at radius 2 is 1.73 bits per heavy atom. The number of benzene rings is 1. The number of carbonyl (C=O) groups excluding carboxylic acids is 2. The molecule has 1 aliphatic heterocycles. The van der Waals surface area contributed by atoms with Gasteiger partial charge in [-0.3, -0.25) is 9.59 Å². The highest BCUT2D eigenvalue weighted by Gasteiger charge is 2.41. The molecule has 3 N–H and O–H groups in total. The molecule has 0 aliphatic carbocycles. The van der Waals surface area contributed by atoms with Gasteiger partial charge in [0.2, 0.25) is 5.91 Å². The molecule has 0 aromatic heterocycles. The van der Waals surface area contributed by atoms with E-state index in [0.717, 1.165) is 0 Å². The number of halogens is 4. The number of anilines is 1. The molecule has 2 unspecified atom stereocenters. The number of nitrogens with one attached hydrogen (secondary N) is 3. The first-order chi connectivity index (χ1) is 12.0. The molecule has 12 heteroatoms. The zero-order valence-corrected chi connectivity index (χ0v) is 17.0. The number of sulfone groups is 1. The lowest BCUT2D eigenvalue weighted by Crippen LogP contribution is -2.53. The van der Waals surface area contributed by atoms with Crippen molar-refractivity contribution in [3.8, 4) is 0 Å². The van der Waals surface area contributed by atoms with E-state index in [0.29, 0.717) is 10.7 Å². The van der Waals surface area contributed by atoms with E-state index >= 15 is 0 Å². The van der Waals surface area contributed by atoms with Crippen LogP contribution in [0.15, 0.2) is 24.3 Å². The molecule has 1 aromatic rings. The third-order valence-corrected chi connectivity index (χ3v) is 6.18. The highest BCUT2D eigenvalue weighted by Crippen LogP contribution is 2.27. The molecule has 144 valence electrons. The van der Waals surface area contributed by atoms with E-state index in [9.17, 15) is 18.0 Å². The lowest BCUT2D eigenvalue weighted by atomic mass is 10.1. The predicted molar refractivity (Wildman–Crippen MR) is 103 cm³/mol. The van der Waals surface area contributed by atoms with E-state index in [1.807, 2.05) is 0 Å². The number of rotatable bonds is 5. The van der Waals surface area contributed by atoms with Gasteiger partial charge in [-0.15, -0.1) is 0 Å². The number of hydrogen-bond donors (Lipinski definition) is 3. The first-order valence-electron chi connectivity index (χ1n) is 7.34. The first-order valence-corrected chi connectivity index (χ1v) is 10.7. The van der Waals surface area contributed by atoms with Crippen LogP contribution < -0.4 is 16.0 Å². The number of hydrogen-bond acceptors (Lipinski definition) is 5. The SMILES string of the molecule is O=C(CNC1CS(=O)(=O)CC1NC(=O)C(Cl)(Cl)Cl)Nc1ccccc1Cl. The lowest BCUT2D eigenvalue weighted by Gasteiger charge is -2.22. The molecule has 0 saturated carbocycles. The van der Waals surface area contributed by atoms with E-state index < -0.39 is 37.5 Å². The molecular weight excluding hydrogens is 448 g/mol. The third-order valence-electron chi connectivity index (χ3n) is 3.60. The van der Waals surface area contributed by atoms with Gasteiger partial charge in [-0.05, 0) is 12.1 Å². The highest BCUT2D eigenvalue weighted by atomic mass is 35.6. The van der Waals surface area contributed by atoms with Crippen LogP contribution in [0.4, 0.5) is 5.69 Å². The topological polar surface area (TPSA) is 104 Å². The van der Waals surface area contributed by atoms with E-state index in [1.54, 1.807) is 24.3 Å². The molecule has 2 atom stereocenters. The monoisotopic (exact) mass is 461 g/mol. The van der Waals surface area contributed by atoms with Gasteiger partial charge in [-0.25, -0.2) is 8.42 Å². The van der Waals surface area contributed by atoms with Crippen molar-refractivity contribution >= 4 is 73.7 Å². The van der Waals surface area contributed by atoms with Crippen LogP contribution in [0.25, 0.3) is 0 Å². The van der Waals surface area contributed by atoms with E-state index in [-0.39, 0.29) is 18.1 Å². The van der Waals surface area contributed by atoms with E-state index in [4.69, 9.17) is 46.4 Å². The average molecular weight is 463 g/mol. The van der Waals surface area contributed by atoms with Crippen molar-refractivity contribution in [2.75, 3.05) is 23.4 Å². The third kappa shape index (κ3) is 6.14. The summed E-state index contributed by atoms with van der Waals surface area (Å²) in [5, 5.41) is 8.16. The van der Waals surface area contributed by atoms with Gasteiger partial charge in [-0.2, -0.15) is 0 Å². The second-order valence-corrected chi connectivity index (χ2v) is 10.5. The maximum Gasteiger partial charge on any atom is 0.272 e. The quantitative estimate of drug-likeness (QED) is 0.575. The molecule has 1 saturated heterocycles. The summed E-state index contributed by atoms with van der Waals surface area (Å²) in [4.78, 5) is 23.8. The molecule has 26 heavy (non-hydrogen) atoms. The molecule has 1 fully saturated rings. The zero-order chi connectivity index (χ0) is 19.5. The molecule has 0 spiro atoms. The molecule has 1 aliphatic rings. The van der Waals surface area contributed by atoms with E-state index in [1.165, 1.54) is 0 Å². The molecule has 7 nitrogen and oxygen atoms in total. The van der Waals surface area contributed by atoms with Crippen molar-refractivity contribution in [1.82, 2.24) is 10.6 Å². The van der Waals surface area contributed by atoms with Crippen LogP contribution >= 0.6 is 46.4 Å². The Kier molecular flexibility index (Phi) is 7.04. The molecule has 0 radical (unpaired) electrons. The predicted octanol–water partition coefficient (Wildman–Crippen LogP) is 1.52. The molecule has 1 aromatic carbocycles.